The van der Waals surface area contributed by atoms with Gasteiger partial charge in [-0.25, -0.2) is 4.98 Å². The van der Waals surface area contributed by atoms with E-state index >= 15 is 0 Å². The van der Waals surface area contributed by atoms with Gasteiger partial charge in [0.2, 0.25) is 0 Å². The second kappa shape index (κ2) is 6.79. The molecule has 1 amide bonds. The number of amides is 1. The molecule has 0 aliphatic rings. The highest BCUT2D eigenvalue weighted by Gasteiger charge is 2.15. The SMILES string of the molecule is O=C(Nc1ccccc1-c1cn2ccccc2n1)c1cc(-c2cccs2)[nH]n1. The summed E-state index contributed by atoms with van der Waals surface area (Å²) in [6.07, 6.45) is 3.90. The smallest absolute Gasteiger partial charge is 0.276 e. The van der Waals surface area contributed by atoms with Crippen LogP contribution in [0.25, 0.3) is 27.5 Å². The van der Waals surface area contributed by atoms with Crippen LogP contribution in [-0.4, -0.2) is 25.5 Å². The number of imidazole rings is 1. The second-order valence-corrected chi connectivity index (χ2v) is 7.18. The van der Waals surface area contributed by atoms with Gasteiger partial charge in [-0.3, -0.25) is 9.89 Å². The third kappa shape index (κ3) is 2.97. The van der Waals surface area contributed by atoms with Crippen LogP contribution in [0, 0.1) is 0 Å². The molecule has 6 nitrogen and oxygen atoms in total. The summed E-state index contributed by atoms with van der Waals surface area (Å²) < 4.78 is 1.95. The first-order valence-electron chi connectivity index (χ1n) is 8.72. The van der Waals surface area contributed by atoms with Crippen molar-refractivity contribution in [2.45, 2.75) is 0 Å². The zero-order valence-electron chi connectivity index (χ0n) is 14.7. The number of benzene rings is 1. The molecule has 0 bridgehead atoms. The number of thiophene rings is 1. The Bertz CT molecular complexity index is 1240. The van der Waals surface area contributed by atoms with Crippen LogP contribution in [0.2, 0.25) is 0 Å². The lowest BCUT2D eigenvalue weighted by Crippen LogP contribution is -2.13. The number of pyridine rings is 1. The van der Waals surface area contributed by atoms with Crippen LogP contribution in [0.1, 0.15) is 10.5 Å². The van der Waals surface area contributed by atoms with E-state index in [-0.39, 0.29) is 5.91 Å². The number of hydrogen-bond donors (Lipinski definition) is 2. The molecule has 5 rings (SSSR count). The van der Waals surface area contributed by atoms with Crippen molar-refractivity contribution >= 4 is 28.6 Å². The zero-order valence-corrected chi connectivity index (χ0v) is 15.5. The van der Waals surface area contributed by atoms with E-state index in [9.17, 15) is 4.79 Å². The minimum absolute atomic E-state index is 0.268. The lowest BCUT2D eigenvalue weighted by atomic mass is 10.1. The molecule has 0 saturated heterocycles. The molecule has 0 aliphatic carbocycles. The van der Waals surface area contributed by atoms with Crippen molar-refractivity contribution in [3.63, 3.8) is 0 Å². The third-order valence-corrected chi connectivity index (χ3v) is 5.32. The molecule has 5 aromatic rings. The molecule has 7 heteroatoms. The molecule has 4 heterocycles. The van der Waals surface area contributed by atoms with Gasteiger partial charge in [0.25, 0.3) is 5.91 Å². The monoisotopic (exact) mass is 385 g/mol. The Labute approximate surface area is 164 Å². The van der Waals surface area contributed by atoms with Crippen molar-refractivity contribution in [1.82, 2.24) is 19.6 Å². The van der Waals surface area contributed by atoms with E-state index in [1.54, 1.807) is 17.4 Å². The van der Waals surface area contributed by atoms with Gasteiger partial charge in [0.15, 0.2) is 5.69 Å². The predicted octanol–water partition coefficient (Wildman–Crippen LogP) is 4.71. The summed E-state index contributed by atoms with van der Waals surface area (Å²) in [6, 6.07) is 19.2. The molecule has 0 fully saturated rings. The number of nitrogens with zero attached hydrogens (tertiary/aromatic N) is 3. The molecule has 0 unspecified atom stereocenters. The van der Waals surface area contributed by atoms with Crippen LogP contribution in [0.3, 0.4) is 0 Å². The van der Waals surface area contributed by atoms with Crippen molar-refractivity contribution in [1.29, 1.82) is 0 Å². The molecule has 0 atom stereocenters. The van der Waals surface area contributed by atoms with Gasteiger partial charge in [-0.05, 0) is 35.7 Å². The Hall–Kier alpha value is -3.71. The van der Waals surface area contributed by atoms with Gasteiger partial charge in [-0.2, -0.15) is 5.10 Å². The minimum Gasteiger partial charge on any atom is -0.320 e. The summed E-state index contributed by atoms with van der Waals surface area (Å²) in [5, 5.41) is 12.0. The van der Waals surface area contributed by atoms with E-state index in [4.69, 9.17) is 0 Å². The van der Waals surface area contributed by atoms with E-state index in [2.05, 4.69) is 20.5 Å². The Morgan fingerprint density at radius 2 is 1.96 bits per heavy atom. The van der Waals surface area contributed by atoms with Gasteiger partial charge < -0.3 is 9.72 Å². The van der Waals surface area contributed by atoms with Crippen molar-refractivity contribution in [2.75, 3.05) is 5.32 Å². The highest BCUT2D eigenvalue weighted by molar-refractivity contribution is 7.13. The van der Waals surface area contributed by atoms with Crippen LogP contribution in [0.4, 0.5) is 5.69 Å². The average Bonchev–Trinajstić information content (AvgIpc) is 3.47. The summed E-state index contributed by atoms with van der Waals surface area (Å²) in [7, 11) is 0. The number of fused-ring (bicyclic) bond motifs is 1. The first-order chi connectivity index (χ1) is 13.8. The normalized spacial score (nSPS) is 11.0. The second-order valence-electron chi connectivity index (χ2n) is 6.24. The number of aromatic amines is 1. The predicted molar refractivity (Wildman–Crippen MR) is 110 cm³/mol. The summed E-state index contributed by atoms with van der Waals surface area (Å²) >= 11 is 1.59. The molecule has 0 saturated carbocycles. The summed E-state index contributed by atoms with van der Waals surface area (Å²) in [5.74, 6) is -0.268. The first kappa shape index (κ1) is 16.5. The Morgan fingerprint density at radius 3 is 2.82 bits per heavy atom. The van der Waals surface area contributed by atoms with E-state index in [1.807, 2.05) is 76.8 Å². The van der Waals surface area contributed by atoms with Crippen LogP contribution in [0.15, 0.2) is 78.4 Å². The number of carbonyl (C=O) groups excluding carboxylic acids is 1. The fraction of sp³-hybridized carbons (Fsp3) is 0. The summed E-state index contributed by atoms with van der Waals surface area (Å²) in [6.45, 7) is 0. The summed E-state index contributed by atoms with van der Waals surface area (Å²) in [4.78, 5) is 18.4. The van der Waals surface area contributed by atoms with Gasteiger partial charge in [-0.1, -0.05) is 30.3 Å². The van der Waals surface area contributed by atoms with Crippen LogP contribution in [-0.2, 0) is 0 Å². The third-order valence-electron chi connectivity index (χ3n) is 4.41. The number of hydrogen-bond acceptors (Lipinski definition) is 4. The van der Waals surface area contributed by atoms with E-state index < -0.39 is 0 Å². The quantitative estimate of drug-likeness (QED) is 0.471. The Kier molecular flexibility index (Phi) is 3.99. The number of H-pyrrole nitrogens is 1. The molecule has 4 aromatic heterocycles. The van der Waals surface area contributed by atoms with Crippen molar-refractivity contribution in [2.24, 2.45) is 0 Å². The molecule has 0 spiro atoms. The maximum atomic E-state index is 12.7. The Morgan fingerprint density at radius 1 is 1.07 bits per heavy atom. The minimum atomic E-state index is -0.268. The van der Waals surface area contributed by atoms with Gasteiger partial charge in [0, 0.05) is 18.0 Å². The molecule has 136 valence electrons. The standard InChI is InChI=1S/C21H15N5OS/c27-21(17-12-16(24-25-17)19-8-5-11-28-19)23-15-7-2-1-6-14(15)18-13-26-10-4-3-9-20(26)22-18/h1-13H,(H,23,27)(H,24,25). The Balaban J connectivity index is 1.45. The molecule has 0 radical (unpaired) electrons. The van der Waals surface area contributed by atoms with E-state index in [0.29, 0.717) is 11.4 Å². The first-order valence-corrected chi connectivity index (χ1v) is 9.60. The number of nitrogens with one attached hydrogen (secondary N) is 2. The van der Waals surface area contributed by atoms with E-state index in [0.717, 1.165) is 27.5 Å². The van der Waals surface area contributed by atoms with Gasteiger partial charge in [0.05, 0.1) is 22.0 Å². The maximum Gasteiger partial charge on any atom is 0.276 e. The van der Waals surface area contributed by atoms with Gasteiger partial charge in [0.1, 0.15) is 5.65 Å². The lowest BCUT2D eigenvalue weighted by Gasteiger charge is -2.08. The number of aromatic nitrogens is 4. The topological polar surface area (TPSA) is 75.1 Å². The van der Waals surface area contributed by atoms with Crippen molar-refractivity contribution in [3.8, 4) is 21.8 Å². The fourth-order valence-corrected chi connectivity index (χ4v) is 3.75. The maximum absolute atomic E-state index is 12.7. The highest BCUT2D eigenvalue weighted by Crippen LogP contribution is 2.28. The molecule has 1 aromatic carbocycles. The fourth-order valence-electron chi connectivity index (χ4n) is 3.06. The average molecular weight is 385 g/mol. The largest absolute Gasteiger partial charge is 0.320 e. The van der Waals surface area contributed by atoms with Crippen LogP contribution < -0.4 is 5.32 Å². The molecule has 28 heavy (non-hydrogen) atoms. The van der Waals surface area contributed by atoms with Crippen LogP contribution in [0.5, 0.6) is 0 Å². The zero-order chi connectivity index (χ0) is 18.9. The summed E-state index contributed by atoms with van der Waals surface area (Å²) in [5.41, 5.74) is 4.36. The van der Waals surface area contributed by atoms with Crippen LogP contribution >= 0.6 is 11.3 Å². The molecular formula is C21H15N5OS. The van der Waals surface area contributed by atoms with E-state index in [1.165, 1.54) is 0 Å². The lowest BCUT2D eigenvalue weighted by molar-refractivity contribution is 0.102. The number of rotatable bonds is 4. The highest BCUT2D eigenvalue weighted by atomic mass is 32.1. The number of anilines is 1. The number of para-hydroxylation sites is 1. The molecule has 2 N–H and O–H groups in total. The van der Waals surface area contributed by atoms with Crippen molar-refractivity contribution < 1.29 is 4.79 Å². The molecule has 0 aliphatic heterocycles. The molecular weight excluding hydrogens is 370 g/mol. The number of carbonyl (C=O) groups is 1. The van der Waals surface area contributed by atoms with Crippen molar-refractivity contribution in [3.05, 3.63) is 84.1 Å². The van der Waals surface area contributed by atoms with Gasteiger partial charge in [-0.15, -0.1) is 11.3 Å². The van der Waals surface area contributed by atoms with Gasteiger partial charge >= 0.3 is 0 Å².